The Balaban J connectivity index is 0. The van der Waals surface area contributed by atoms with E-state index in [0.29, 0.717) is 0 Å². The van der Waals surface area contributed by atoms with Crippen molar-refractivity contribution < 1.29 is 43.2 Å². The van der Waals surface area contributed by atoms with Gasteiger partial charge in [0.1, 0.15) is 0 Å². The molecule has 68 valence electrons. The van der Waals surface area contributed by atoms with Crippen LogP contribution in [-0.4, -0.2) is 25.1 Å². The molecule has 0 amide bonds. The molecule has 0 spiro atoms. The molecule has 0 heterocycles. The van der Waals surface area contributed by atoms with Crippen LogP contribution in [0.4, 0.5) is 0 Å². The molecule has 0 aliphatic rings. The molecule has 0 radical (unpaired) electrons. The summed E-state index contributed by atoms with van der Waals surface area (Å²) in [5.74, 6) is 0. The minimum absolute atomic E-state index is 0.250. The van der Waals surface area contributed by atoms with Crippen molar-refractivity contribution in [2.45, 2.75) is 0 Å². The first-order valence-electron chi connectivity index (χ1n) is 1.36. The van der Waals surface area contributed by atoms with Gasteiger partial charge >= 0.3 is 37.8 Å². The SMILES string of the molecule is O=[NH+][O-].[OH][Fe]([OH])([OH])([OH])([OH])[OH]. The molecule has 0 aromatic carbocycles. The summed E-state index contributed by atoms with van der Waals surface area (Å²) in [6, 6.07) is 0. The molecular weight excluding hydrogens is 198 g/mol. The summed E-state index contributed by atoms with van der Waals surface area (Å²) in [5, 5.41) is 8.38. The van der Waals surface area contributed by atoms with Crippen LogP contribution in [0.1, 0.15) is 0 Å². The van der Waals surface area contributed by atoms with Crippen LogP contribution in [0.2, 0.25) is 0 Å². The molecule has 0 atom stereocenters. The van der Waals surface area contributed by atoms with Crippen LogP contribution in [0.15, 0.2) is 0 Å². The van der Waals surface area contributed by atoms with Crippen LogP contribution in [0.3, 0.4) is 0 Å². The Labute approximate surface area is 54.2 Å². The van der Waals surface area contributed by atoms with Crippen molar-refractivity contribution in [3.8, 4) is 0 Å². The van der Waals surface area contributed by atoms with Gasteiger partial charge in [0, 0.05) is 5.34 Å². The van der Waals surface area contributed by atoms with Gasteiger partial charge in [-0.15, -0.1) is 0 Å². The minimum atomic E-state index is -7.75. The second-order valence-electron chi connectivity index (χ2n) is 1.14. The molecule has 0 rings (SSSR count). The van der Waals surface area contributed by atoms with E-state index in [1.54, 1.807) is 0 Å². The van der Waals surface area contributed by atoms with Crippen LogP contribution >= 0.6 is 0 Å². The fourth-order valence-corrected chi connectivity index (χ4v) is 0. The summed E-state index contributed by atoms with van der Waals surface area (Å²) in [6.45, 7) is 0. The molecular formula is H7FeNO8. The van der Waals surface area contributed by atoms with Gasteiger partial charge in [-0.05, 0) is 0 Å². The van der Waals surface area contributed by atoms with E-state index in [0.717, 1.165) is 0 Å². The fourth-order valence-electron chi connectivity index (χ4n) is 0. The first-order valence-corrected chi connectivity index (χ1v) is 4.32. The first kappa shape index (κ1) is 12.4. The van der Waals surface area contributed by atoms with Crippen molar-refractivity contribution in [2.75, 3.05) is 0 Å². The molecule has 10 heavy (non-hydrogen) atoms. The topological polar surface area (TPSA) is 175 Å². The average Bonchev–Trinajstić information content (AvgIpc) is 1.20. The van der Waals surface area contributed by atoms with E-state index in [-0.39, 0.29) is 5.34 Å². The molecule has 0 unspecified atom stereocenters. The Morgan fingerprint density at radius 1 is 1.00 bits per heavy atom. The zero-order chi connectivity index (χ0) is 9.12. The predicted octanol–water partition coefficient (Wildman–Crippen LogP) is -5.01. The fraction of sp³-hybridized carbons (Fsp3) is 0. The molecule has 0 saturated carbocycles. The average molecular weight is 205 g/mol. The summed E-state index contributed by atoms with van der Waals surface area (Å²) in [7, 11) is 0. The summed E-state index contributed by atoms with van der Waals surface area (Å²) in [5.41, 5.74) is 0. The van der Waals surface area contributed by atoms with Gasteiger partial charge in [0.2, 0.25) is 0 Å². The third-order valence-corrected chi connectivity index (χ3v) is 0. The van der Waals surface area contributed by atoms with E-state index < -0.39 is 12.7 Å². The molecule has 10 heteroatoms. The van der Waals surface area contributed by atoms with E-state index in [4.69, 9.17) is 35.2 Å². The van der Waals surface area contributed by atoms with Gasteiger partial charge in [0.25, 0.3) is 0 Å². The first-order chi connectivity index (χ1) is 3.86. The van der Waals surface area contributed by atoms with Gasteiger partial charge in [-0.2, -0.15) is 0 Å². The predicted molar refractivity (Wildman–Crippen MR) is 21.0 cm³/mol. The summed E-state index contributed by atoms with van der Waals surface area (Å²) in [6.07, 6.45) is 0. The number of nitrogens with one attached hydrogen (secondary N) is 1. The van der Waals surface area contributed by atoms with Crippen LogP contribution < -0.4 is 5.34 Å². The molecule has 0 aliphatic carbocycles. The molecule has 0 aromatic rings. The Hall–Kier alpha value is -0.321. The summed E-state index contributed by atoms with van der Waals surface area (Å²) in [4.78, 5) is 8.12. The van der Waals surface area contributed by atoms with Crippen molar-refractivity contribution in [1.29, 1.82) is 0 Å². The molecule has 0 saturated heterocycles. The Bertz CT molecular complexity index is 98.7. The number of rotatable bonds is 0. The standard InChI is InChI=1S/Fe.HNO2.6H2O/c;2-1-3;;;;;;/h;1H;6*1H2/q+6;;;;;;;/p-6. The van der Waals surface area contributed by atoms with Gasteiger partial charge in [-0.1, -0.05) is 0 Å². The summed E-state index contributed by atoms with van der Waals surface area (Å²) < 4.78 is 44.2. The Kier molecular flexibility index (Phi) is 2.57. The number of hydrogen-bond acceptors (Lipinski definition) is 8. The second kappa shape index (κ2) is 2.08. The second-order valence-corrected chi connectivity index (χ2v) is 4.46. The van der Waals surface area contributed by atoms with Gasteiger partial charge in [-0.3, -0.25) is 10.1 Å². The molecule has 0 aliphatic heterocycles. The van der Waals surface area contributed by atoms with Crippen molar-refractivity contribution in [3.63, 3.8) is 0 Å². The van der Waals surface area contributed by atoms with E-state index in [1.165, 1.54) is 0 Å². The van der Waals surface area contributed by atoms with E-state index in [1.807, 2.05) is 0 Å². The van der Waals surface area contributed by atoms with Gasteiger partial charge in [-0.25, -0.2) is 0 Å². The Morgan fingerprint density at radius 2 is 1.00 bits per heavy atom. The van der Waals surface area contributed by atoms with Gasteiger partial charge in [0.15, 0.2) is 0 Å². The third-order valence-electron chi connectivity index (χ3n) is 0. The van der Waals surface area contributed by atoms with Gasteiger partial charge < -0.3 is 0 Å². The molecule has 9 nitrogen and oxygen atoms in total. The third kappa shape index (κ3) is 3340. The van der Waals surface area contributed by atoms with Crippen molar-refractivity contribution >= 4 is 0 Å². The Morgan fingerprint density at radius 3 is 1.00 bits per heavy atom. The van der Waals surface area contributed by atoms with Crippen LogP contribution in [-0.2, 0) is 12.7 Å². The van der Waals surface area contributed by atoms with Crippen molar-refractivity contribution in [2.24, 2.45) is 0 Å². The van der Waals surface area contributed by atoms with Crippen LogP contribution in [0.5, 0.6) is 0 Å². The van der Waals surface area contributed by atoms with Crippen LogP contribution in [0, 0.1) is 10.1 Å². The van der Waals surface area contributed by atoms with E-state index in [9.17, 15) is 0 Å². The maximum absolute atomic E-state index is 8.12. The monoisotopic (exact) mass is 205 g/mol. The van der Waals surface area contributed by atoms with Crippen LogP contribution in [0.25, 0.3) is 0 Å². The maximum atomic E-state index is 8.12. The van der Waals surface area contributed by atoms with E-state index >= 15 is 0 Å². The molecule has 0 aromatic heterocycles. The molecule has 7 N–H and O–H groups in total. The quantitative estimate of drug-likeness (QED) is 0.117. The normalized spacial score (nSPS) is 17.4. The number of hydrogen-bond donors (Lipinski definition) is 7. The zero-order valence-electron chi connectivity index (χ0n) is 4.35. The van der Waals surface area contributed by atoms with E-state index in [2.05, 4.69) is 0 Å². The van der Waals surface area contributed by atoms with Crippen molar-refractivity contribution in [3.05, 3.63) is 10.1 Å². The molecule has 0 bridgehead atoms. The zero-order valence-corrected chi connectivity index (χ0v) is 5.46. The van der Waals surface area contributed by atoms with Crippen molar-refractivity contribution in [1.82, 2.24) is 0 Å². The van der Waals surface area contributed by atoms with Gasteiger partial charge in [0.05, 0.1) is 0 Å². The summed E-state index contributed by atoms with van der Waals surface area (Å²) >= 11 is -7.75. The molecule has 0 fully saturated rings.